The lowest BCUT2D eigenvalue weighted by molar-refractivity contribution is 0.682. The van der Waals surface area contributed by atoms with Gasteiger partial charge in [0, 0.05) is 36.1 Å². The lowest BCUT2D eigenvalue weighted by Gasteiger charge is -2.09. The summed E-state index contributed by atoms with van der Waals surface area (Å²) in [7, 11) is 0. The summed E-state index contributed by atoms with van der Waals surface area (Å²) >= 11 is 1.74. The van der Waals surface area contributed by atoms with Crippen LogP contribution >= 0.6 is 11.3 Å². The van der Waals surface area contributed by atoms with Gasteiger partial charge in [0.2, 0.25) is 0 Å². The Balaban J connectivity index is 1.45. The Labute approximate surface area is 151 Å². The zero-order chi connectivity index (χ0) is 17.2. The molecule has 3 aromatic heterocycles. The molecule has 128 valence electrons. The Bertz CT molecular complexity index is 1020. The van der Waals surface area contributed by atoms with Crippen LogP contribution in [0, 0.1) is 6.92 Å². The van der Waals surface area contributed by atoms with Gasteiger partial charge in [0.1, 0.15) is 16.5 Å². The van der Waals surface area contributed by atoms with E-state index in [9.17, 15) is 0 Å². The van der Waals surface area contributed by atoms with Crippen molar-refractivity contribution in [1.82, 2.24) is 14.5 Å². The van der Waals surface area contributed by atoms with E-state index in [4.69, 9.17) is 4.98 Å². The van der Waals surface area contributed by atoms with E-state index in [0.717, 1.165) is 47.8 Å². The second-order valence-corrected chi connectivity index (χ2v) is 7.50. The number of aromatic nitrogens is 3. The van der Waals surface area contributed by atoms with E-state index < -0.39 is 0 Å². The fourth-order valence-corrected chi connectivity index (χ4v) is 4.07. The molecule has 0 aliphatic rings. The van der Waals surface area contributed by atoms with Crippen molar-refractivity contribution >= 4 is 38.3 Å². The summed E-state index contributed by atoms with van der Waals surface area (Å²) in [6.07, 6.45) is 4.08. The standard InChI is InChI=1S/C20H22N4S/c1-3-18-22-19(16-13-14(2)25-20(16)23-18)21-10-6-11-24-12-9-15-7-4-5-8-17(15)24/h4-5,7-9,12-13H,3,6,10-11H2,1-2H3,(H,21,22,23). The minimum Gasteiger partial charge on any atom is -0.369 e. The van der Waals surface area contributed by atoms with Gasteiger partial charge in [-0.05, 0) is 36.9 Å². The first-order chi connectivity index (χ1) is 12.2. The molecule has 0 spiro atoms. The summed E-state index contributed by atoms with van der Waals surface area (Å²) in [5.74, 6) is 1.89. The van der Waals surface area contributed by atoms with Crippen LogP contribution in [-0.2, 0) is 13.0 Å². The van der Waals surface area contributed by atoms with Gasteiger partial charge in [-0.2, -0.15) is 0 Å². The molecule has 0 aliphatic heterocycles. The van der Waals surface area contributed by atoms with Gasteiger partial charge in [-0.15, -0.1) is 11.3 Å². The lowest BCUT2D eigenvalue weighted by Crippen LogP contribution is -2.08. The second-order valence-electron chi connectivity index (χ2n) is 6.27. The van der Waals surface area contributed by atoms with Crippen LogP contribution in [-0.4, -0.2) is 21.1 Å². The molecule has 4 rings (SSSR count). The lowest BCUT2D eigenvalue weighted by atomic mass is 10.2. The minimum absolute atomic E-state index is 0.858. The van der Waals surface area contributed by atoms with Crippen molar-refractivity contribution in [3.8, 4) is 0 Å². The first-order valence-corrected chi connectivity index (χ1v) is 9.61. The Morgan fingerprint density at radius 1 is 1.16 bits per heavy atom. The molecular weight excluding hydrogens is 328 g/mol. The molecule has 5 heteroatoms. The fraction of sp³-hybridized carbons (Fsp3) is 0.300. The number of hydrogen-bond donors (Lipinski definition) is 1. The van der Waals surface area contributed by atoms with Crippen molar-refractivity contribution in [2.75, 3.05) is 11.9 Å². The Kier molecular flexibility index (Phi) is 4.40. The molecule has 0 fully saturated rings. The van der Waals surface area contributed by atoms with E-state index in [2.05, 4.69) is 71.3 Å². The molecule has 1 N–H and O–H groups in total. The number of fused-ring (bicyclic) bond motifs is 2. The number of benzene rings is 1. The van der Waals surface area contributed by atoms with Gasteiger partial charge >= 0.3 is 0 Å². The summed E-state index contributed by atoms with van der Waals surface area (Å²) in [5, 5.41) is 5.97. The van der Waals surface area contributed by atoms with E-state index in [1.165, 1.54) is 15.8 Å². The van der Waals surface area contributed by atoms with Crippen molar-refractivity contribution in [2.24, 2.45) is 0 Å². The average Bonchev–Trinajstić information content (AvgIpc) is 3.21. The number of hydrogen-bond acceptors (Lipinski definition) is 4. The molecular formula is C20H22N4S. The van der Waals surface area contributed by atoms with Gasteiger partial charge < -0.3 is 9.88 Å². The van der Waals surface area contributed by atoms with E-state index in [1.807, 2.05) is 0 Å². The van der Waals surface area contributed by atoms with Crippen LogP contribution in [0.3, 0.4) is 0 Å². The monoisotopic (exact) mass is 350 g/mol. The highest BCUT2D eigenvalue weighted by atomic mass is 32.1. The maximum Gasteiger partial charge on any atom is 0.138 e. The Hall–Kier alpha value is -2.40. The third-order valence-corrected chi connectivity index (χ3v) is 5.37. The molecule has 0 bridgehead atoms. The SMILES string of the molecule is CCc1nc(NCCCn2ccc3ccccc32)c2cc(C)sc2n1. The van der Waals surface area contributed by atoms with Crippen molar-refractivity contribution in [1.29, 1.82) is 0 Å². The van der Waals surface area contributed by atoms with Gasteiger partial charge in [-0.3, -0.25) is 0 Å². The molecule has 3 heterocycles. The number of aryl methyl sites for hydroxylation is 3. The first kappa shape index (κ1) is 16.1. The van der Waals surface area contributed by atoms with Gasteiger partial charge in [0.15, 0.2) is 0 Å². The van der Waals surface area contributed by atoms with Gasteiger partial charge in [-0.1, -0.05) is 25.1 Å². The van der Waals surface area contributed by atoms with Crippen molar-refractivity contribution < 1.29 is 0 Å². The van der Waals surface area contributed by atoms with E-state index in [0.29, 0.717) is 0 Å². The highest BCUT2D eigenvalue weighted by Gasteiger charge is 2.09. The molecule has 4 nitrogen and oxygen atoms in total. The molecule has 25 heavy (non-hydrogen) atoms. The average molecular weight is 350 g/mol. The summed E-state index contributed by atoms with van der Waals surface area (Å²) in [4.78, 5) is 11.7. The number of anilines is 1. The highest BCUT2D eigenvalue weighted by Crippen LogP contribution is 2.28. The molecule has 4 aromatic rings. The molecule has 0 radical (unpaired) electrons. The molecule has 0 amide bonds. The van der Waals surface area contributed by atoms with Crippen LogP contribution in [0.5, 0.6) is 0 Å². The summed E-state index contributed by atoms with van der Waals surface area (Å²) in [6.45, 7) is 6.12. The maximum atomic E-state index is 4.69. The largest absolute Gasteiger partial charge is 0.369 e. The van der Waals surface area contributed by atoms with Gasteiger partial charge in [-0.25, -0.2) is 9.97 Å². The third-order valence-electron chi connectivity index (χ3n) is 4.43. The Morgan fingerprint density at radius 2 is 2.04 bits per heavy atom. The normalized spacial score (nSPS) is 11.4. The van der Waals surface area contributed by atoms with Crippen molar-refractivity contribution in [3.05, 3.63) is 53.3 Å². The van der Waals surface area contributed by atoms with Crippen molar-refractivity contribution in [3.63, 3.8) is 0 Å². The first-order valence-electron chi connectivity index (χ1n) is 8.79. The number of thiophene rings is 1. The van der Waals surface area contributed by atoms with Gasteiger partial charge in [0.05, 0.1) is 5.39 Å². The van der Waals surface area contributed by atoms with E-state index in [-0.39, 0.29) is 0 Å². The highest BCUT2D eigenvalue weighted by molar-refractivity contribution is 7.18. The number of nitrogens with zero attached hydrogens (tertiary/aromatic N) is 3. The molecule has 0 atom stereocenters. The zero-order valence-electron chi connectivity index (χ0n) is 14.6. The number of nitrogens with one attached hydrogen (secondary N) is 1. The molecule has 0 saturated carbocycles. The molecule has 0 aliphatic carbocycles. The Morgan fingerprint density at radius 3 is 2.92 bits per heavy atom. The van der Waals surface area contributed by atoms with Crippen LogP contribution in [0.15, 0.2) is 42.6 Å². The molecule has 1 aromatic carbocycles. The number of rotatable bonds is 6. The van der Waals surface area contributed by atoms with E-state index in [1.54, 1.807) is 11.3 Å². The van der Waals surface area contributed by atoms with Crippen LogP contribution < -0.4 is 5.32 Å². The maximum absolute atomic E-state index is 4.69. The zero-order valence-corrected chi connectivity index (χ0v) is 15.4. The van der Waals surface area contributed by atoms with E-state index >= 15 is 0 Å². The van der Waals surface area contributed by atoms with Crippen LogP contribution in [0.25, 0.3) is 21.1 Å². The summed E-state index contributed by atoms with van der Waals surface area (Å²) in [6, 6.07) is 12.9. The quantitative estimate of drug-likeness (QED) is 0.497. The number of para-hydroxylation sites is 1. The summed E-state index contributed by atoms with van der Waals surface area (Å²) in [5.41, 5.74) is 1.30. The van der Waals surface area contributed by atoms with Gasteiger partial charge in [0.25, 0.3) is 0 Å². The minimum atomic E-state index is 0.858. The van der Waals surface area contributed by atoms with Crippen molar-refractivity contribution in [2.45, 2.75) is 33.2 Å². The molecule has 0 unspecified atom stereocenters. The molecule has 0 saturated heterocycles. The second kappa shape index (κ2) is 6.84. The summed E-state index contributed by atoms with van der Waals surface area (Å²) < 4.78 is 2.32. The van der Waals surface area contributed by atoms with Crippen LogP contribution in [0.1, 0.15) is 24.0 Å². The predicted octanol–water partition coefficient (Wildman–Crippen LogP) is 5.02. The predicted molar refractivity (Wildman–Crippen MR) is 107 cm³/mol. The topological polar surface area (TPSA) is 42.7 Å². The van der Waals surface area contributed by atoms with Crippen LogP contribution in [0.4, 0.5) is 5.82 Å². The van der Waals surface area contributed by atoms with Crippen LogP contribution in [0.2, 0.25) is 0 Å². The third kappa shape index (κ3) is 3.24. The smallest absolute Gasteiger partial charge is 0.138 e. The fourth-order valence-electron chi connectivity index (χ4n) is 3.17.